The molecule has 0 bridgehead atoms. The molecule has 0 aliphatic heterocycles. The van der Waals surface area contributed by atoms with Crippen LogP contribution in [0.15, 0.2) is 9.90 Å². The zero-order chi connectivity index (χ0) is 14.0. The molecule has 0 aromatic carbocycles. The van der Waals surface area contributed by atoms with Gasteiger partial charge in [0.25, 0.3) is 0 Å². The van der Waals surface area contributed by atoms with Crippen LogP contribution in [0.4, 0.5) is 0 Å². The molecular weight excluding hydrogens is 258 g/mol. The van der Waals surface area contributed by atoms with Crippen LogP contribution in [0.3, 0.4) is 0 Å². The lowest BCUT2D eigenvalue weighted by Crippen LogP contribution is -2.15. The van der Waals surface area contributed by atoms with Gasteiger partial charge >= 0.3 is 0 Å². The van der Waals surface area contributed by atoms with E-state index >= 15 is 0 Å². The highest BCUT2D eigenvalue weighted by Crippen LogP contribution is 2.23. The molecule has 104 valence electrons. The summed E-state index contributed by atoms with van der Waals surface area (Å²) in [6.07, 6.45) is 0. The monoisotopic (exact) mass is 279 g/mol. The van der Waals surface area contributed by atoms with Gasteiger partial charge in [-0.15, -0.1) is 11.3 Å². The number of nitrogens with one attached hydrogen (secondary N) is 1. The largest absolute Gasteiger partial charge is 0.361 e. The molecule has 5 heteroatoms. The third kappa shape index (κ3) is 3.42. The fourth-order valence-corrected chi connectivity index (χ4v) is 2.78. The number of thiazole rings is 1. The molecule has 0 spiro atoms. The topological polar surface area (TPSA) is 51.0 Å². The maximum Gasteiger partial charge on any atom is 0.138 e. The first-order chi connectivity index (χ1) is 8.88. The van der Waals surface area contributed by atoms with Gasteiger partial charge < -0.3 is 9.84 Å². The number of rotatable bonds is 4. The molecule has 19 heavy (non-hydrogen) atoms. The molecule has 0 aliphatic rings. The average Bonchev–Trinajstić information content (AvgIpc) is 2.90. The molecule has 4 nitrogen and oxygen atoms in total. The molecule has 2 heterocycles. The zero-order valence-corrected chi connectivity index (χ0v) is 13.0. The summed E-state index contributed by atoms with van der Waals surface area (Å²) >= 11 is 1.71. The molecule has 0 aliphatic carbocycles. The lowest BCUT2D eigenvalue weighted by molar-refractivity contribution is 0.392. The molecule has 0 amide bonds. The molecule has 0 fully saturated rings. The van der Waals surface area contributed by atoms with Crippen molar-refractivity contribution >= 4 is 11.3 Å². The van der Waals surface area contributed by atoms with E-state index in [1.165, 1.54) is 0 Å². The van der Waals surface area contributed by atoms with Gasteiger partial charge in [-0.2, -0.15) is 0 Å². The van der Waals surface area contributed by atoms with E-state index in [-0.39, 0.29) is 5.41 Å². The standard InChI is InChI=1S/C14H21N3OS/c1-9-11(10(2)18-17-9)6-15-7-13-16-12(8-19-13)14(3,4)5/h8,15H,6-7H2,1-5H3. The first kappa shape index (κ1) is 14.2. The molecule has 2 aromatic rings. The molecule has 0 unspecified atom stereocenters. The van der Waals surface area contributed by atoms with E-state index in [2.05, 4.69) is 41.6 Å². The van der Waals surface area contributed by atoms with Gasteiger partial charge in [0.05, 0.1) is 11.4 Å². The third-order valence-corrected chi connectivity index (χ3v) is 3.93. The summed E-state index contributed by atoms with van der Waals surface area (Å²) in [6, 6.07) is 0. The molecule has 1 N–H and O–H groups in total. The van der Waals surface area contributed by atoms with E-state index in [1.54, 1.807) is 11.3 Å². The van der Waals surface area contributed by atoms with E-state index in [1.807, 2.05) is 13.8 Å². The van der Waals surface area contributed by atoms with E-state index < -0.39 is 0 Å². The van der Waals surface area contributed by atoms with Crippen molar-refractivity contribution in [1.82, 2.24) is 15.5 Å². The van der Waals surface area contributed by atoms with Crippen molar-refractivity contribution in [3.63, 3.8) is 0 Å². The summed E-state index contributed by atoms with van der Waals surface area (Å²) in [7, 11) is 0. The Morgan fingerprint density at radius 1 is 1.26 bits per heavy atom. The van der Waals surface area contributed by atoms with Crippen LogP contribution in [0.1, 0.15) is 48.5 Å². The van der Waals surface area contributed by atoms with Crippen molar-refractivity contribution < 1.29 is 4.52 Å². The van der Waals surface area contributed by atoms with Crippen LogP contribution in [-0.4, -0.2) is 10.1 Å². The quantitative estimate of drug-likeness (QED) is 0.932. The Morgan fingerprint density at radius 3 is 2.53 bits per heavy atom. The Bertz CT molecular complexity index is 532. The van der Waals surface area contributed by atoms with E-state index in [0.29, 0.717) is 0 Å². The normalized spacial score (nSPS) is 12.1. The minimum absolute atomic E-state index is 0.121. The summed E-state index contributed by atoms with van der Waals surface area (Å²) in [5, 5.41) is 10.6. The van der Waals surface area contributed by atoms with Gasteiger partial charge in [-0.3, -0.25) is 0 Å². The van der Waals surface area contributed by atoms with Gasteiger partial charge in [0.15, 0.2) is 0 Å². The summed E-state index contributed by atoms with van der Waals surface area (Å²) in [4.78, 5) is 4.66. The molecule has 0 saturated carbocycles. The van der Waals surface area contributed by atoms with Crippen LogP contribution in [0.2, 0.25) is 0 Å². The second kappa shape index (κ2) is 5.43. The molecule has 2 rings (SSSR count). The van der Waals surface area contributed by atoms with Crippen LogP contribution >= 0.6 is 11.3 Å². The first-order valence-electron chi connectivity index (χ1n) is 6.45. The Hall–Kier alpha value is -1.20. The summed E-state index contributed by atoms with van der Waals surface area (Å²) in [6.45, 7) is 12.0. The van der Waals surface area contributed by atoms with Crippen LogP contribution in [-0.2, 0) is 18.5 Å². The zero-order valence-electron chi connectivity index (χ0n) is 12.2. The number of aromatic nitrogens is 2. The Morgan fingerprint density at radius 2 is 2.00 bits per heavy atom. The Balaban J connectivity index is 1.91. The van der Waals surface area contributed by atoms with Crippen molar-refractivity contribution in [3.05, 3.63) is 33.1 Å². The van der Waals surface area contributed by atoms with Crippen LogP contribution in [0.5, 0.6) is 0 Å². The maximum atomic E-state index is 5.14. The highest BCUT2D eigenvalue weighted by Gasteiger charge is 2.17. The Kier molecular flexibility index (Phi) is 4.06. The van der Waals surface area contributed by atoms with Crippen LogP contribution < -0.4 is 5.32 Å². The minimum atomic E-state index is 0.121. The van der Waals surface area contributed by atoms with Crippen molar-refractivity contribution in [2.75, 3.05) is 0 Å². The molecule has 2 aromatic heterocycles. The second-order valence-corrected chi connectivity index (χ2v) is 6.73. The number of nitrogens with zero attached hydrogens (tertiary/aromatic N) is 2. The van der Waals surface area contributed by atoms with Gasteiger partial charge in [-0.1, -0.05) is 25.9 Å². The van der Waals surface area contributed by atoms with Gasteiger partial charge in [0, 0.05) is 29.4 Å². The third-order valence-electron chi connectivity index (χ3n) is 3.08. The number of aryl methyl sites for hydroxylation is 2. The lowest BCUT2D eigenvalue weighted by Gasteiger charge is -2.14. The molecule has 0 radical (unpaired) electrons. The lowest BCUT2D eigenvalue weighted by atomic mass is 9.93. The molecular formula is C14H21N3OS. The fourth-order valence-electron chi connectivity index (χ4n) is 1.79. The van der Waals surface area contributed by atoms with Crippen LogP contribution in [0, 0.1) is 13.8 Å². The smallest absolute Gasteiger partial charge is 0.138 e. The maximum absolute atomic E-state index is 5.14. The summed E-state index contributed by atoms with van der Waals surface area (Å²) < 4.78 is 5.14. The number of hydrogen-bond donors (Lipinski definition) is 1. The SMILES string of the molecule is Cc1noc(C)c1CNCc1nc(C(C)(C)C)cs1. The number of hydrogen-bond acceptors (Lipinski definition) is 5. The van der Waals surface area contributed by atoms with Crippen LogP contribution in [0.25, 0.3) is 0 Å². The fraction of sp³-hybridized carbons (Fsp3) is 0.571. The highest BCUT2D eigenvalue weighted by atomic mass is 32.1. The average molecular weight is 279 g/mol. The van der Waals surface area contributed by atoms with Crippen molar-refractivity contribution in [2.45, 2.75) is 53.1 Å². The first-order valence-corrected chi connectivity index (χ1v) is 7.33. The summed E-state index contributed by atoms with van der Waals surface area (Å²) in [5.41, 5.74) is 3.38. The molecule has 0 atom stereocenters. The highest BCUT2D eigenvalue weighted by molar-refractivity contribution is 7.09. The predicted octanol–water partition coefficient (Wildman–Crippen LogP) is 3.34. The van der Waals surface area contributed by atoms with Gasteiger partial charge in [0.1, 0.15) is 10.8 Å². The minimum Gasteiger partial charge on any atom is -0.361 e. The van der Waals surface area contributed by atoms with Crippen molar-refractivity contribution in [1.29, 1.82) is 0 Å². The molecule has 0 saturated heterocycles. The van der Waals surface area contributed by atoms with Gasteiger partial charge in [-0.25, -0.2) is 4.98 Å². The van der Waals surface area contributed by atoms with E-state index in [9.17, 15) is 0 Å². The van der Waals surface area contributed by atoms with Gasteiger partial charge in [0.2, 0.25) is 0 Å². The van der Waals surface area contributed by atoms with E-state index in [0.717, 1.165) is 40.8 Å². The summed E-state index contributed by atoms with van der Waals surface area (Å²) in [5.74, 6) is 0.888. The van der Waals surface area contributed by atoms with Crippen molar-refractivity contribution in [2.24, 2.45) is 0 Å². The Labute approximate surface area is 118 Å². The van der Waals surface area contributed by atoms with Gasteiger partial charge in [-0.05, 0) is 13.8 Å². The second-order valence-electron chi connectivity index (χ2n) is 5.78. The van der Waals surface area contributed by atoms with E-state index in [4.69, 9.17) is 4.52 Å². The predicted molar refractivity (Wildman–Crippen MR) is 77.3 cm³/mol. The van der Waals surface area contributed by atoms with Crippen molar-refractivity contribution in [3.8, 4) is 0 Å².